The Bertz CT molecular complexity index is 472. The summed E-state index contributed by atoms with van der Waals surface area (Å²) in [7, 11) is 0. The van der Waals surface area contributed by atoms with Crippen molar-refractivity contribution in [3.05, 3.63) is 39.9 Å². The molecule has 0 spiro atoms. The minimum absolute atomic E-state index is 0.00165. The van der Waals surface area contributed by atoms with Gasteiger partial charge in [-0.05, 0) is 6.42 Å². The van der Waals surface area contributed by atoms with Crippen molar-refractivity contribution in [2.24, 2.45) is 5.10 Å². The van der Waals surface area contributed by atoms with Crippen LogP contribution in [0.1, 0.15) is 38.2 Å². The smallest absolute Gasteiger partial charge is 0.270 e. The highest BCUT2D eigenvalue weighted by Gasteiger charge is 2.04. The highest BCUT2D eigenvalue weighted by molar-refractivity contribution is 5.83. The third-order valence-electron chi connectivity index (χ3n) is 2.49. The summed E-state index contributed by atoms with van der Waals surface area (Å²) in [6, 6.07) is 6.05. The van der Waals surface area contributed by atoms with Crippen LogP contribution in [0.25, 0.3) is 0 Å². The van der Waals surface area contributed by atoms with Crippen molar-refractivity contribution >= 4 is 17.8 Å². The number of hydrazone groups is 1. The molecule has 0 heterocycles. The van der Waals surface area contributed by atoms with Crippen LogP contribution < -0.4 is 5.43 Å². The lowest BCUT2D eigenvalue weighted by atomic mass is 10.2. The topological polar surface area (TPSA) is 84.6 Å². The van der Waals surface area contributed by atoms with Gasteiger partial charge in [-0.3, -0.25) is 14.9 Å². The van der Waals surface area contributed by atoms with E-state index in [1.54, 1.807) is 12.1 Å². The minimum atomic E-state index is -0.472. The number of carbonyl (C=O) groups is 1. The summed E-state index contributed by atoms with van der Waals surface area (Å²) < 4.78 is 0. The van der Waals surface area contributed by atoms with E-state index in [-0.39, 0.29) is 11.6 Å². The second-order valence-electron chi connectivity index (χ2n) is 4.10. The largest absolute Gasteiger partial charge is 0.273 e. The molecule has 0 aliphatic heterocycles. The predicted molar refractivity (Wildman–Crippen MR) is 73.0 cm³/mol. The maximum Gasteiger partial charge on any atom is 0.270 e. The first kappa shape index (κ1) is 14.8. The summed E-state index contributed by atoms with van der Waals surface area (Å²) >= 11 is 0. The molecule has 19 heavy (non-hydrogen) atoms. The molecule has 0 atom stereocenters. The van der Waals surface area contributed by atoms with Gasteiger partial charge in [0.15, 0.2) is 0 Å². The van der Waals surface area contributed by atoms with Crippen molar-refractivity contribution in [2.45, 2.75) is 32.6 Å². The second-order valence-corrected chi connectivity index (χ2v) is 4.10. The van der Waals surface area contributed by atoms with Gasteiger partial charge >= 0.3 is 0 Å². The zero-order valence-corrected chi connectivity index (χ0v) is 10.8. The lowest BCUT2D eigenvalue weighted by Crippen LogP contribution is -2.16. The van der Waals surface area contributed by atoms with E-state index in [1.165, 1.54) is 18.3 Å². The maximum atomic E-state index is 11.4. The Balaban J connectivity index is 2.46. The van der Waals surface area contributed by atoms with Gasteiger partial charge in [-0.2, -0.15) is 5.10 Å². The fourth-order valence-electron chi connectivity index (χ4n) is 1.49. The lowest BCUT2D eigenvalue weighted by molar-refractivity contribution is -0.384. The lowest BCUT2D eigenvalue weighted by Gasteiger charge is -1.98. The molecule has 0 fully saturated rings. The van der Waals surface area contributed by atoms with E-state index in [1.807, 2.05) is 0 Å². The molecule has 0 aliphatic rings. The Morgan fingerprint density at radius 1 is 1.47 bits per heavy atom. The highest BCUT2D eigenvalue weighted by Crippen LogP contribution is 2.11. The van der Waals surface area contributed by atoms with E-state index >= 15 is 0 Å². The van der Waals surface area contributed by atoms with Crippen LogP contribution in [0, 0.1) is 10.1 Å². The summed E-state index contributed by atoms with van der Waals surface area (Å²) in [5.74, 6) is -0.143. The molecule has 1 rings (SSSR count). The number of nitrogens with one attached hydrogen (secondary N) is 1. The summed E-state index contributed by atoms with van der Waals surface area (Å²) in [5, 5.41) is 14.3. The number of benzene rings is 1. The number of unbranched alkanes of at least 4 members (excludes halogenated alkanes) is 2. The molecule has 102 valence electrons. The van der Waals surface area contributed by atoms with Crippen LogP contribution in [0.4, 0.5) is 5.69 Å². The number of nitro groups is 1. The van der Waals surface area contributed by atoms with Crippen molar-refractivity contribution in [1.29, 1.82) is 0 Å². The van der Waals surface area contributed by atoms with Gasteiger partial charge in [0.25, 0.3) is 5.69 Å². The summed E-state index contributed by atoms with van der Waals surface area (Å²) in [6.07, 6.45) is 4.76. The summed E-state index contributed by atoms with van der Waals surface area (Å²) in [5.41, 5.74) is 2.97. The monoisotopic (exact) mass is 263 g/mol. The van der Waals surface area contributed by atoms with Crippen LogP contribution in [-0.4, -0.2) is 17.0 Å². The maximum absolute atomic E-state index is 11.4. The van der Waals surface area contributed by atoms with Crippen molar-refractivity contribution in [3.63, 3.8) is 0 Å². The quantitative estimate of drug-likeness (QED) is 0.355. The van der Waals surface area contributed by atoms with Crippen LogP contribution in [0.15, 0.2) is 29.4 Å². The highest BCUT2D eigenvalue weighted by atomic mass is 16.6. The SMILES string of the molecule is CCCCCC(=O)NN=Cc1cccc([N+](=O)[O-])c1. The van der Waals surface area contributed by atoms with Crippen LogP contribution in [0.3, 0.4) is 0 Å². The van der Waals surface area contributed by atoms with Crippen LogP contribution >= 0.6 is 0 Å². The average Bonchev–Trinajstić information content (AvgIpc) is 2.39. The molecule has 0 saturated heterocycles. The zero-order chi connectivity index (χ0) is 14.1. The number of hydrogen-bond acceptors (Lipinski definition) is 4. The Kier molecular flexibility index (Phi) is 6.21. The van der Waals surface area contributed by atoms with Gasteiger partial charge in [0, 0.05) is 24.1 Å². The Hall–Kier alpha value is -2.24. The van der Waals surface area contributed by atoms with Gasteiger partial charge in [-0.25, -0.2) is 5.43 Å². The normalized spacial score (nSPS) is 10.6. The summed E-state index contributed by atoms with van der Waals surface area (Å²) in [4.78, 5) is 21.5. The van der Waals surface area contributed by atoms with Crippen molar-refractivity contribution in [1.82, 2.24) is 5.43 Å². The number of nitrogens with zero attached hydrogens (tertiary/aromatic N) is 2. The van der Waals surface area contributed by atoms with Crippen molar-refractivity contribution in [3.8, 4) is 0 Å². The van der Waals surface area contributed by atoms with Crippen LogP contribution in [-0.2, 0) is 4.79 Å². The Morgan fingerprint density at radius 3 is 2.95 bits per heavy atom. The molecular weight excluding hydrogens is 246 g/mol. The number of non-ortho nitro benzene ring substituents is 1. The molecule has 6 heteroatoms. The van der Waals surface area contributed by atoms with Gasteiger partial charge < -0.3 is 0 Å². The van der Waals surface area contributed by atoms with Crippen LogP contribution in [0.5, 0.6) is 0 Å². The first-order valence-electron chi connectivity index (χ1n) is 6.20. The fraction of sp³-hybridized carbons (Fsp3) is 0.385. The van der Waals surface area contributed by atoms with E-state index in [9.17, 15) is 14.9 Å². The zero-order valence-electron chi connectivity index (χ0n) is 10.8. The van der Waals surface area contributed by atoms with Gasteiger partial charge in [0.1, 0.15) is 0 Å². The minimum Gasteiger partial charge on any atom is -0.273 e. The number of carbonyl (C=O) groups excluding carboxylic acids is 1. The van der Waals surface area contributed by atoms with E-state index in [4.69, 9.17) is 0 Å². The fourth-order valence-corrected chi connectivity index (χ4v) is 1.49. The van der Waals surface area contributed by atoms with Gasteiger partial charge in [-0.1, -0.05) is 31.9 Å². The molecular formula is C13H17N3O3. The summed E-state index contributed by atoms with van der Waals surface area (Å²) in [6.45, 7) is 2.07. The molecule has 1 aromatic rings. The molecule has 0 saturated carbocycles. The van der Waals surface area contributed by atoms with Gasteiger partial charge in [-0.15, -0.1) is 0 Å². The number of rotatable bonds is 7. The van der Waals surface area contributed by atoms with Crippen molar-refractivity contribution < 1.29 is 9.72 Å². The average molecular weight is 263 g/mol. The van der Waals surface area contributed by atoms with E-state index in [2.05, 4.69) is 17.5 Å². The first-order valence-corrected chi connectivity index (χ1v) is 6.20. The molecule has 1 aromatic carbocycles. The number of nitro benzene ring substituents is 1. The third-order valence-corrected chi connectivity index (χ3v) is 2.49. The van der Waals surface area contributed by atoms with E-state index in [0.29, 0.717) is 12.0 Å². The Morgan fingerprint density at radius 2 is 2.26 bits per heavy atom. The molecule has 0 radical (unpaired) electrons. The number of amides is 1. The first-order chi connectivity index (χ1) is 9.13. The molecule has 1 amide bonds. The predicted octanol–water partition coefficient (Wildman–Crippen LogP) is 2.63. The molecule has 0 aliphatic carbocycles. The number of hydrogen-bond donors (Lipinski definition) is 1. The molecule has 6 nitrogen and oxygen atoms in total. The van der Waals surface area contributed by atoms with Gasteiger partial charge in [0.05, 0.1) is 11.1 Å². The molecule has 0 aromatic heterocycles. The molecule has 0 unspecified atom stereocenters. The molecule has 0 bridgehead atoms. The van der Waals surface area contributed by atoms with Gasteiger partial charge in [0.2, 0.25) is 5.91 Å². The molecule has 1 N–H and O–H groups in total. The van der Waals surface area contributed by atoms with Crippen molar-refractivity contribution in [2.75, 3.05) is 0 Å². The van der Waals surface area contributed by atoms with E-state index < -0.39 is 4.92 Å². The van der Waals surface area contributed by atoms with Crippen LogP contribution in [0.2, 0.25) is 0 Å². The standard InChI is InChI=1S/C13H17N3O3/c1-2-3-4-8-13(17)15-14-10-11-6-5-7-12(9-11)16(18)19/h5-7,9-10H,2-4,8H2,1H3,(H,15,17). The third kappa shape index (κ3) is 5.76. The Labute approximate surface area is 111 Å². The second kappa shape index (κ2) is 7.97. The van der Waals surface area contributed by atoms with E-state index in [0.717, 1.165) is 19.3 Å².